The predicted octanol–water partition coefficient (Wildman–Crippen LogP) is 2.25. The molecular weight excluding hydrogens is 380 g/mol. The first-order chi connectivity index (χ1) is 14.6. The van der Waals surface area contributed by atoms with E-state index in [1.54, 1.807) is 19.5 Å². The third-order valence-corrected chi connectivity index (χ3v) is 5.70. The van der Waals surface area contributed by atoms with Crippen molar-refractivity contribution in [1.29, 1.82) is 0 Å². The highest BCUT2D eigenvalue weighted by atomic mass is 16.5. The van der Waals surface area contributed by atoms with E-state index in [0.717, 1.165) is 67.7 Å². The summed E-state index contributed by atoms with van der Waals surface area (Å²) in [5, 5.41) is 3.39. The second-order valence-corrected chi connectivity index (χ2v) is 8.06. The first-order valence-corrected chi connectivity index (χ1v) is 10.6. The third kappa shape index (κ3) is 4.27. The van der Waals surface area contributed by atoms with E-state index in [1.807, 2.05) is 12.4 Å². The number of hydrogen-bond donors (Lipinski definition) is 1. The molecule has 30 heavy (non-hydrogen) atoms. The summed E-state index contributed by atoms with van der Waals surface area (Å²) in [6, 6.07) is 1.85. The number of hydrogen-bond acceptors (Lipinski definition) is 8. The van der Waals surface area contributed by atoms with Crippen LogP contribution in [0.2, 0.25) is 0 Å². The zero-order chi connectivity index (χ0) is 21.0. The Balaban J connectivity index is 1.64. The van der Waals surface area contributed by atoms with Crippen LogP contribution >= 0.6 is 0 Å². The van der Waals surface area contributed by atoms with Crippen molar-refractivity contribution < 1.29 is 4.74 Å². The van der Waals surface area contributed by atoms with Crippen LogP contribution in [0.4, 0.5) is 5.82 Å². The number of imidazole rings is 1. The van der Waals surface area contributed by atoms with Gasteiger partial charge in [-0.05, 0) is 32.4 Å². The Morgan fingerprint density at radius 3 is 2.80 bits per heavy atom. The summed E-state index contributed by atoms with van der Waals surface area (Å²) in [6.45, 7) is 9.11. The minimum absolute atomic E-state index is 0.151. The summed E-state index contributed by atoms with van der Waals surface area (Å²) >= 11 is 0. The molecule has 1 aliphatic rings. The van der Waals surface area contributed by atoms with Crippen LogP contribution in [0, 0.1) is 0 Å². The van der Waals surface area contributed by atoms with E-state index in [-0.39, 0.29) is 5.41 Å². The maximum atomic E-state index is 5.19. The Labute approximate surface area is 176 Å². The molecule has 3 aromatic rings. The number of likely N-dealkylation sites (tertiary alicyclic amines) is 1. The number of piperidine rings is 1. The van der Waals surface area contributed by atoms with Gasteiger partial charge in [0, 0.05) is 44.6 Å². The molecule has 1 atom stereocenters. The van der Waals surface area contributed by atoms with Gasteiger partial charge in [-0.25, -0.2) is 24.9 Å². The number of rotatable bonds is 8. The van der Waals surface area contributed by atoms with Gasteiger partial charge in [0.15, 0.2) is 11.5 Å². The fourth-order valence-electron chi connectivity index (χ4n) is 4.11. The highest BCUT2D eigenvalue weighted by Gasteiger charge is 2.36. The Hall–Kier alpha value is -2.65. The van der Waals surface area contributed by atoms with Crippen LogP contribution < -0.4 is 5.32 Å². The summed E-state index contributed by atoms with van der Waals surface area (Å²) < 4.78 is 7.26. The minimum atomic E-state index is -0.151. The number of nitrogens with one attached hydrogen (secondary N) is 1. The Bertz CT molecular complexity index is 976. The molecule has 3 aromatic heterocycles. The number of aromatic nitrogens is 6. The van der Waals surface area contributed by atoms with Gasteiger partial charge in [0.2, 0.25) is 0 Å². The molecule has 0 aliphatic carbocycles. The van der Waals surface area contributed by atoms with Gasteiger partial charge in [-0.2, -0.15) is 0 Å². The standard InChI is InChI=1S/C21H30N8O/c1-4-29-15-25-17-18(24-10-12-30-3)26-20(27-19(17)29)21(2)7-5-11-28(14-21)13-16-22-8-6-9-23-16/h6,8-9,15H,4-5,7,10-14H2,1-3H3,(H,24,26,27). The summed E-state index contributed by atoms with van der Waals surface area (Å²) in [4.78, 5) is 25.7. The topological polar surface area (TPSA) is 93.9 Å². The SMILES string of the molecule is CCn1cnc2c(NCCOC)nc(C3(C)CCCN(Cc4ncccn4)C3)nc21. The predicted molar refractivity (Wildman–Crippen MR) is 115 cm³/mol. The number of aryl methyl sites for hydroxylation is 1. The van der Waals surface area contributed by atoms with E-state index in [9.17, 15) is 0 Å². The summed E-state index contributed by atoms with van der Waals surface area (Å²) in [5.74, 6) is 2.50. The molecule has 0 spiro atoms. The van der Waals surface area contributed by atoms with Gasteiger partial charge in [-0.3, -0.25) is 4.90 Å². The van der Waals surface area contributed by atoms with Gasteiger partial charge in [0.05, 0.1) is 19.5 Å². The van der Waals surface area contributed by atoms with Crippen molar-refractivity contribution in [3.05, 3.63) is 36.4 Å². The maximum Gasteiger partial charge on any atom is 0.165 e. The number of fused-ring (bicyclic) bond motifs is 1. The van der Waals surface area contributed by atoms with E-state index >= 15 is 0 Å². The smallest absolute Gasteiger partial charge is 0.165 e. The fourth-order valence-corrected chi connectivity index (χ4v) is 4.11. The monoisotopic (exact) mass is 410 g/mol. The number of anilines is 1. The highest BCUT2D eigenvalue weighted by molar-refractivity contribution is 5.83. The Morgan fingerprint density at radius 2 is 2.03 bits per heavy atom. The van der Waals surface area contributed by atoms with E-state index in [2.05, 4.69) is 43.6 Å². The van der Waals surface area contributed by atoms with Crippen molar-refractivity contribution in [3.8, 4) is 0 Å². The second-order valence-electron chi connectivity index (χ2n) is 8.06. The van der Waals surface area contributed by atoms with Gasteiger partial charge in [-0.15, -0.1) is 0 Å². The molecule has 9 heteroatoms. The van der Waals surface area contributed by atoms with Crippen molar-refractivity contribution in [2.24, 2.45) is 0 Å². The Morgan fingerprint density at radius 1 is 1.20 bits per heavy atom. The van der Waals surface area contributed by atoms with Crippen molar-refractivity contribution >= 4 is 17.0 Å². The average molecular weight is 411 g/mol. The minimum Gasteiger partial charge on any atom is -0.383 e. The van der Waals surface area contributed by atoms with E-state index in [4.69, 9.17) is 14.7 Å². The van der Waals surface area contributed by atoms with Gasteiger partial charge >= 0.3 is 0 Å². The number of ether oxygens (including phenoxy) is 1. The van der Waals surface area contributed by atoms with Gasteiger partial charge in [0.1, 0.15) is 17.2 Å². The van der Waals surface area contributed by atoms with E-state index in [0.29, 0.717) is 13.2 Å². The molecule has 9 nitrogen and oxygen atoms in total. The summed E-state index contributed by atoms with van der Waals surface area (Å²) in [5.41, 5.74) is 1.54. The average Bonchev–Trinajstić information content (AvgIpc) is 3.18. The lowest BCUT2D eigenvalue weighted by Gasteiger charge is -2.39. The van der Waals surface area contributed by atoms with Crippen LogP contribution in [-0.2, 0) is 23.2 Å². The molecule has 0 bridgehead atoms. The van der Waals surface area contributed by atoms with Crippen molar-refractivity contribution in [3.63, 3.8) is 0 Å². The van der Waals surface area contributed by atoms with Gasteiger partial charge in [-0.1, -0.05) is 6.92 Å². The van der Waals surface area contributed by atoms with Crippen LogP contribution in [0.25, 0.3) is 11.2 Å². The summed E-state index contributed by atoms with van der Waals surface area (Å²) in [6.07, 6.45) is 7.57. The quantitative estimate of drug-likeness (QED) is 0.565. The zero-order valence-electron chi connectivity index (χ0n) is 18.0. The molecule has 1 unspecified atom stereocenters. The van der Waals surface area contributed by atoms with Crippen LogP contribution in [-0.4, -0.2) is 67.7 Å². The van der Waals surface area contributed by atoms with Crippen molar-refractivity contribution in [2.75, 3.05) is 38.7 Å². The molecule has 1 fully saturated rings. The molecule has 0 aromatic carbocycles. The molecule has 1 aliphatic heterocycles. The van der Waals surface area contributed by atoms with Crippen LogP contribution in [0.1, 0.15) is 38.3 Å². The molecule has 1 N–H and O–H groups in total. The molecule has 4 rings (SSSR count). The fraction of sp³-hybridized carbons (Fsp3) is 0.571. The molecule has 0 saturated carbocycles. The Kier molecular flexibility index (Phi) is 6.19. The van der Waals surface area contributed by atoms with E-state index in [1.165, 1.54) is 0 Å². The largest absolute Gasteiger partial charge is 0.383 e. The van der Waals surface area contributed by atoms with Gasteiger partial charge < -0.3 is 14.6 Å². The second kappa shape index (κ2) is 9.01. The first-order valence-electron chi connectivity index (χ1n) is 10.6. The zero-order valence-corrected chi connectivity index (χ0v) is 18.0. The van der Waals surface area contributed by atoms with Crippen LogP contribution in [0.15, 0.2) is 24.8 Å². The van der Waals surface area contributed by atoms with Gasteiger partial charge in [0.25, 0.3) is 0 Å². The third-order valence-electron chi connectivity index (χ3n) is 5.70. The van der Waals surface area contributed by atoms with Crippen molar-refractivity contribution in [2.45, 2.75) is 45.2 Å². The summed E-state index contributed by atoms with van der Waals surface area (Å²) in [7, 11) is 1.70. The highest BCUT2D eigenvalue weighted by Crippen LogP contribution is 2.34. The van der Waals surface area contributed by atoms with Crippen LogP contribution in [0.5, 0.6) is 0 Å². The molecular formula is C21H30N8O. The molecule has 0 amide bonds. The van der Waals surface area contributed by atoms with Crippen molar-refractivity contribution in [1.82, 2.24) is 34.4 Å². The first kappa shape index (κ1) is 20.6. The molecule has 1 saturated heterocycles. The molecule has 0 radical (unpaired) electrons. The number of nitrogens with zero attached hydrogens (tertiary/aromatic N) is 7. The normalized spacial score (nSPS) is 20.0. The molecule has 4 heterocycles. The lowest BCUT2D eigenvalue weighted by molar-refractivity contribution is 0.141. The maximum absolute atomic E-state index is 5.19. The lowest BCUT2D eigenvalue weighted by atomic mass is 9.81. The number of methoxy groups -OCH3 is 1. The van der Waals surface area contributed by atoms with Crippen LogP contribution in [0.3, 0.4) is 0 Å². The molecule has 160 valence electrons. The lowest BCUT2D eigenvalue weighted by Crippen LogP contribution is -2.45. The van der Waals surface area contributed by atoms with E-state index < -0.39 is 0 Å².